The number of aliphatic carboxylic acids is 1. The van der Waals surface area contributed by atoms with Crippen molar-refractivity contribution in [3.63, 3.8) is 0 Å². The number of carbonyl (C=O) groups excluding carboxylic acids is 1. The van der Waals surface area contributed by atoms with Crippen LogP contribution in [0.1, 0.15) is 29.6 Å². The van der Waals surface area contributed by atoms with E-state index < -0.39 is 5.97 Å². The highest BCUT2D eigenvalue weighted by Crippen LogP contribution is 2.30. The van der Waals surface area contributed by atoms with Gasteiger partial charge in [0.2, 0.25) is 0 Å². The molecule has 1 aromatic rings. The summed E-state index contributed by atoms with van der Waals surface area (Å²) in [5.74, 6) is -0.738. The topological polar surface area (TPSA) is 83.6 Å². The van der Waals surface area contributed by atoms with E-state index in [9.17, 15) is 9.59 Å². The summed E-state index contributed by atoms with van der Waals surface area (Å²) in [6.45, 7) is 1.18. The van der Waals surface area contributed by atoms with Gasteiger partial charge in [-0.05, 0) is 30.9 Å². The molecule has 1 fully saturated rings. The van der Waals surface area contributed by atoms with Crippen LogP contribution in [0.5, 0.6) is 0 Å². The largest absolute Gasteiger partial charge is 0.481 e. The summed E-state index contributed by atoms with van der Waals surface area (Å²) < 4.78 is 0. The Kier molecular flexibility index (Phi) is 4.96. The predicted molar refractivity (Wildman–Crippen MR) is 81.8 cm³/mol. The minimum Gasteiger partial charge on any atom is -0.481 e. The van der Waals surface area contributed by atoms with Gasteiger partial charge in [0.15, 0.2) is 0 Å². The third kappa shape index (κ3) is 3.80. The highest BCUT2D eigenvalue weighted by Gasteiger charge is 2.27. The van der Waals surface area contributed by atoms with Crippen molar-refractivity contribution < 1.29 is 14.7 Å². The molecule has 5 nitrogen and oxygen atoms in total. The van der Waals surface area contributed by atoms with Crippen LogP contribution in [-0.2, 0) is 4.79 Å². The van der Waals surface area contributed by atoms with Crippen molar-refractivity contribution in [2.24, 2.45) is 5.92 Å². The molecule has 0 aliphatic carbocycles. The molecule has 21 heavy (non-hydrogen) atoms. The molecule has 1 heterocycles. The Hall–Kier alpha value is -1.46. The molecule has 0 bridgehead atoms. The summed E-state index contributed by atoms with van der Waals surface area (Å²) in [6, 6.07) is 3.02. The van der Waals surface area contributed by atoms with Gasteiger partial charge < -0.3 is 15.7 Å². The molecule has 0 saturated carbocycles. The number of anilines is 1. The van der Waals surface area contributed by atoms with Gasteiger partial charge in [-0.2, -0.15) is 0 Å². The normalized spacial score (nSPS) is 18.0. The van der Waals surface area contributed by atoms with Crippen molar-refractivity contribution in [1.82, 2.24) is 4.90 Å². The summed E-state index contributed by atoms with van der Waals surface area (Å²) in [4.78, 5) is 24.7. The third-order valence-corrected chi connectivity index (χ3v) is 4.29. The zero-order chi connectivity index (χ0) is 15.6. The van der Waals surface area contributed by atoms with E-state index in [-0.39, 0.29) is 34.0 Å². The minimum absolute atomic E-state index is 0.131. The average molecular weight is 331 g/mol. The van der Waals surface area contributed by atoms with Gasteiger partial charge in [0.25, 0.3) is 5.91 Å². The fourth-order valence-corrected chi connectivity index (χ4v) is 2.96. The number of halogens is 2. The zero-order valence-electron chi connectivity index (χ0n) is 11.3. The van der Waals surface area contributed by atoms with Crippen molar-refractivity contribution in [2.75, 3.05) is 18.8 Å². The molecule has 1 saturated heterocycles. The summed E-state index contributed by atoms with van der Waals surface area (Å²) in [5, 5.41) is 9.21. The van der Waals surface area contributed by atoms with Crippen LogP contribution >= 0.6 is 23.2 Å². The van der Waals surface area contributed by atoms with Crippen LogP contribution in [0, 0.1) is 5.92 Å². The zero-order valence-corrected chi connectivity index (χ0v) is 12.8. The first-order chi connectivity index (χ1) is 9.88. The number of rotatable bonds is 4. The van der Waals surface area contributed by atoms with Crippen LogP contribution < -0.4 is 5.73 Å². The minimum atomic E-state index is -0.808. The van der Waals surface area contributed by atoms with Crippen LogP contribution in [0.25, 0.3) is 0 Å². The number of likely N-dealkylation sites (tertiary alicyclic amines) is 1. The van der Waals surface area contributed by atoms with Gasteiger partial charge in [0.05, 0.1) is 15.7 Å². The fourth-order valence-electron chi connectivity index (χ4n) is 2.47. The van der Waals surface area contributed by atoms with Gasteiger partial charge in [-0.15, -0.1) is 0 Å². The molecule has 1 unspecified atom stereocenters. The Balaban J connectivity index is 2.03. The summed E-state index contributed by atoms with van der Waals surface area (Å²) in [5.41, 5.74) is 6.31. The molecule has 0 aromatic heterocycles. The Labute approximate surface area is 132 Å². The van der Waals surface area contributed by atoms with Crippen LogP contribution in [0.2, 0.25) is 10.0 Å². The number of carboxylic acid groups (broad SMARTS) is 1. The number of benzene rings is 1. The number of carbonyl (C=O) groups is 2. The van der Waals surface area contributed by atoms with Crippen molar-refractivity contribution in [1.29, 1.82) is 0 Å². The van der Waals surface area contributed by atoms with Gasteiger partial charge in [0, 0.05) is 25.1 Å². The number of nitrogen functional groups attached to an aromatic ring is 1. The molecule has 1 atom stereocenters. The Morgan fingerprint density at radius 1 is 1.33 bits per heavy atom. The van der Waals surface area contributed by atoms with E-state index in [0.717, 1.165) is 6.42 Å². The van der Waals surface area contributed by atoms with Crippen molar-refractivity contribution in [3.05, 3.63) is 27.7 Å². The molecular weight excluding hydrogens is 315 g/mol. The molecular formula is C14H16Cl2N2O3. The van der Waals surface area contributed by atoms with Crippen LogP contribution in [0.3, 0.4) is 0 Å². The van der Waals surface area contributed by atoms with Crippen molar-refractivity contribution in [3.8, 4) is 0 Å². The van der Waals surface area contributed by atoms with Gasteiger partial charge >= 0.3 is 5.97 Å². The number of nitrogens with two attached hydrogens (primary N) is 1. The van der Waals surface area contributed by atoms with E-state index in [1.165, 1.54) is 12.1 Å². The molecule has 0 radical (unpaired) electrons. The number of carboxylic acids is 1. The summed E-state index contributed by atoms with van der Waals surface area (Å²) >= 11 is 11.9. The standard InChI is InChI=1S/C14H16Cl2N2O3/c15-10-5-9(6-11(16)13(10)17)14(21)18-4-3-8(7-18)1-2-12(19)20/h5-6,8H,1-4,7,17H2,(H,19,20). The fraction of sp³-hybridized carbons (Fsp3) is 0.429. The van der Waals surface area contributed by atoms with E-state index in [4.69, 9.17) is 34.0 Å². The summed E-state index contributed by atoms with van der Waals surface area (Å²) in [6.07, 6.45) is 1.53. The maximum atomic E-state index is 12.4. The molecule has 7 heteroatoms. The molecule has 2 rings (SSSR count). The Morgan fingerprint density at radius 3 is 2.52 bits per heavy atom. The first-order valence-electron chi connectivity index (χ1n) is 6.64. The first-order valence-corrected chi connectivity index (χ1v) is 7.39. The summed E-state index contributed by atoms with van der Waals surface area (Å²) in [7, 11) is 0. The van der Waals surface area contributed by atoms with Crippen molar-refractivity contribution >= 4 is 40.8 Å². The number of nitrogens with zero attached hydrogens (tertiary/aromatic N) is 1. The monoisotopic (exact) mass is 330 g/mol. The molecule has 114 valence electrons. The lowest BCUT2D eigenvalue weighted by Crippen LogP contribution is -2.28. The van der Waals surface area contributed by atoms with Gasteiger partial charge in [0.1, 0.15) is 0 Å². The van der Waals surface area contributed by atoms with Gasteiger partial charge in [-0.3, -0.25) is 9.59 Å². The Bertz CT molecular complexity index is 554. The number of hydrogen-bond acceptors (Lipinski definition) is 3. The molecule has 1 aliphatic rings. The number of amides is 1. The highest BCUT2D eigenvalue weighted by atomic mass is 35.5. The van der Waals surface area contributed by atoms with Gasteiger partial charge in [-0.1, -0.05) is 23.2 Å². The van der Waals surface area contributed by atoms with E-state index >= 15 is 0 Å². The van der Waals surface area contributed by atoms with E-state index in [1.807, 2.05) is 0 Å². The third-order valence-electron chi connectivity index (χ3n) is 3.67. The van der Waals surface area contributed by atoms with Gasteiger partial charge in [-0.25, -0.2) is 0 Å². The second-order valence-electron chi connectivity index (χ2n) is 5.19. The lowest BCUT2D eigenvalue weighted by atomic mass is 10.0. The van der Waals surface area contributed by atoms with Crippen LogP contribution in [-0.4, -0.2) is 35.0 Å². The van der Waals surface area contributed by atoms with E-state index in [1.54, 1.807) is 4.90 Å². The molecule has 1 aromatic carbocycles. The predicted octanol–water partition coefficient (Wildman–Crippen LogP) is 2.90. The Morgan fingerprint density at radius 2 is 1.95 bits per heavy atom. The van der Waals surface area contributed by atoms with Crippen LogP contribution in [0.15, 0.2) is 12.1 Å². The first kappa shape index (κ1) is 15.9. The maximum absolute atomic E-state index is 12.4. The lowest BCUT2D eigenvalue weighted by Gasteiger charge is -2.17. The number of hydrogen-bond donors (Lipinski definition) is 2. The molecule has 0 spiro atoms. The average Bonchev–Trinajstić information content (AvgIpc) is 2.90. The highest BCUT2D eigenvalue weighted by molar-refractivity contribution is 6.39. The van der Waals surface area contributed by atoms with Crippen LogP contribution in [0.4, 0.5) is 5.69 Å². The second-order valence-corrected chi connectivity index (χ2v) is 6.01. The maximum Gasteiger partial charge on any atom is 0.303 e. The lowest BCUT2D eigenvalue weighted by molar-refractivity contribution is -0.137. The molecule has 1 aliphatic heterocycles. The second kappa shape index (κ2) is 6.54. The smallest absolute Gasteiger partial charge is 0.303 e. The van der Waals surface area contributed by atoms with E-state index in [2.05, 4.69) is 0 Å². The van der Waals surface area contributed by atoms with E-state index in [0.29, 0.717) is 25.1 Å². The quantitative estimate of drug-likeness (QED) is 0.831. The molecule has 3 N–H and O–H groups in total. The SMILES string of the molecule is Nc1c(Cl)cc(C(=O)N2CCC(CCC(=O)O)C2)cc1Cl. The molecule has 1 amide bonds. The van der Waals surface area contributed by atoms with Crippen molar-refractivity contribution in [2.45, 2.75) is 19.3 Å².